The highest BCUT2D eigenvalue weighted by molar-refractivity contribution is 8.01. The van der Waals surface area contributed by atoms with Crippen molar-refractivity contribution in [3.63, 3.8) is 0 Å². The Labute approximate surface area is 121 Å². The van der Waals surface area contributed by atoms with Crippen LogP contribution in [0.3, 0.4) is 0 Å². The van der Waals surface area contributed by atoms with Crippen LogP contribution in [0.2, 0.25) is 0 Å². The fourth-order valence-electron chi connectivity index (χ4n) is 3.00. The van der Waals surface area contributed by atoms with Crippen LogP contribution in [0.5, 0.6) is 0 Å². The van der Waals surface area contributed by atoms with Crippen LogP contribution in [0.4, 0.5) is 0 Å². The molecule has 0 aliphatic carbocycles. The molecule has 1 atom stereocenters. The molecule has 0 radical (unpaired) electrons. The summed E-state index contributed by atoms with van der Waals surface area (Å²) in [5, 5.41) is 3.13. The number of hydrogen-bond acceptors (Lipinski definition) is 5. The van der Waals surface area contributed by atoms with Gasteiger partial charge in [0.2, 0.25) is 0 Å². The lowest BCUT2D eigenvalue weighted by atomic mass is 9.80. The molecule has 1 unspecified atom stereocenters. The van der Waals surface area contributed by atoms with Gasteiger partial charge < -0.3 is 5.32 Å². The minimum absolute atomic E-state index is 0.257. The Bertz CT molecular complexity index is 391. The molecule has 2 fully saturated rings. The predicted molar refractivity (Wildman–Crippen MR) is 82.4 cm³/mol. The third-order valence-electron chi connectivity index (χ3n) is 4.40. The summed E-state index contributed by atoms with van der Waals surface area (Å²) in [4.78, 5) is 2.24. The van der Waals surface area contributed by atoms with Crippen molar-refractivity contribution < 1.29 is 8.42 Å². The zero-order chi connectivity index (χ0) is 13.9. The van der Waals surface area contributed by atoms with E-state index in [2.05, 4.69) is 17.1 Å². The van der Waals surface area contributed by atoms with E-state index in [1.54, 1.807) is 18.7 Å². The van der Waals surface area contributed by atoms with E-state index < -0.39 is 9.84 Å². The molecule has 1 N–H and O–H groups in total. The van der Waals surface area contributed by atoms with Crippen molar-refractivity contribution in [2.45, 2.75) is 32.1 Å². The van der Waals surface area contributed by atoms with Gasteiger partial charge in [0.1, 0.15) is 5.37 Å². The van der Waals surface area contributed by atoms with E-state index in [0.717, 1.165) is 50.5 Å². The first-order valence-electron chi connectivity index (χ1n) is 7.21. The Hall–Kier alpha value is 0.220. The first-order chi connectivity index (χ1) is 8.97. The molecule has 2 rings (SSSR count). The van der Waals surface area contributed by atoms with Gasteiger partial charge in [-0.25, -0.2) is 8.42 Å². The normalized spacial score (nSPS) is 29.3. The highest BCUT2D eigenvalue weighted by Crippen LogP contribution is 2.32. The van der Waals surface area contributed by atoms with Crippen LogP contribution in [0.1, 0.15) is 26.7 Å². The highest BCUT2D eigenvalue weighted by Gasteiger charge is 2.37. The molecule has 6 heteroatoms. The summed E-state index contributed by atoms with van der Waals surface area (Å²) in [7, 11) is -2.96. The van der Waals surface area contributed by atoms with Crippen LogP contribution in [0.25, 0.3) is 0 Å². The minimum atomic E-state index is -2.96. The Morgan fingerprint density at radius 3 is 2.68 bits per heavy atom. The molecule has 0 aromatic heterocycles. The SMILES string of the molecule is CCS(=O)(=O)C1CSCCN1CC1(C)CCNCC1. The molecule has 0 saturated carbocycles. The standard InChI is InChI=1S/C13H26N2O2S2/c1-3-19(16,17)12-10-18-9-8-15(12)11-13(2)4-6-14-7-5-13/h12,14H,3-11H2,1-2H3. The zero-order valence-corrected chi connectivity index (χ0v) is 13.7. The molecule has 0 bridgehead atoms. The maximum absolute atomic E-state index is 12.2. The van der Waals surface area contributed by atoms with Gasteiger partial charge in [0.15, 0.2) is 9.84 Å². The number of rotatable bonds is 4. The molecule has 0 aromatic rings. The van der Waals surface area contributed by atoms with Crippen molar-refractivity contribution in [1.82, 2.24) is 10.2 Å². The highest BCUT2D eigenvalue weighted by atomic mass is 32.2. The van der Waals surface area contributed by atoms with Crippen molar-refractivity contribution in [3.8, 4) is 0 Å². The lowest BCUT2D eigenvalue weighted by Crippen LogP contribution is -2.52. The fraction of sp³-hybridized carbons (Fsp3) is 1.00. The number of hydrogen-bond donors (Lipinski definition) is 1. The summed E-state index contributed by atoms with van der Waals surface area (Å²) in [5.74, 6) is 2.06. The van der Waals surface area contributed by atoms with E-state index in [-0.39, 0.29) is 16.5 Å². The maximum Gasteiger partial charge on any atom is 0.166 e. The number of sulfone groups is 1. The summed E-state index contributed by atoms with van der Waals surface area (Å²) in [5.41, 5.74) is 0.273. The summed E-state index contributed by atoms with van der Waals surface area (Å²) in [6.45, 7) is 8.04. The molecule has 0 aromatic carbocycles. The van der Waals surface area contributed by atoms with Gasteiger partial charge in [-0.15, -0.1) is 0 Å². The minimum Gasteiger partial charge on any atom is -0.317 e. The number of nitrogens with zero attached hydrogens (tertiary/aromatic N) is 1. The average molecular weight is 306 g/mol. The van der Waals surface area contributed by atoms with E-state index >= 15 is 0 Å². The molecule has 2 saturated heterocycles. The van der Waals surface area contributed by atoms with Gasteiger partial charge in [0.25, 0.3) is 0 Å². The summed E-state index contributed by atoms with van der Waals surface area (Å²) in [6.07, 6.45) is 2.30. The van der Waals surface area contributed by atoms with Crippen molar-refractivity contribution in [2.24, 2.45) is 5.41 Å². The van der Waals surface area contributed by atoms with E-state index in [0.29, 0.717) is 0 Å². The molecular formula is C13H26N2O2S2. The second kappa shape index (κ2) is 6.33. The van der Waals surface area contributed by atoms with Gasteiger partial charge in [0.05, 0.1) is 0 Å². The Morgan fingerprint density at radius 1 is 1.37 bits per heavy atom. The molecule has 2 aliphatic heterocycles. The van der Waals surface area contributed by atoms with Crippen LogP contribution in [-0.2, 0) is 9.84 Å². The second-order valence-electron chi connectivity index (χ2n) is 6.01. The topological polar surface area (TPSA) is 49.4 Å². The number of piperidine rings is 1. The molecule has 0 amide bonds. The summed E-state index contributed by atoms with van der Waals surface area (Å²) >= 11 is 1.78. The molecule has 112 valence electrons. The Kier molecular flexibility index (Phi) is 5.20. The molecule has 4 nitrogen and oxygen atoms in total. The van der Waals surface area contributed by atoms with Crippen LogP contribution < -0.4 is 5.32 Å². The van der Waals surface area contributed by atoms with Gasteiger partial charge in [-0.1, -0.05) is 13.8 Å². The maximum atomic E-state index is 12.2. The largest absolute Gasteiger partial charge is 0.317 e. The molecule has 0 spiro atoms. The van der Waals surface area contributed by atoms with E-state index in [9.17, 15) is 8.42 Å². The van der Waals surface area contributed by atoms with Crippen molar-refractivity contribution in [1.29, 1.82) is 0 Å². The number of nitrogens with one attached hydrogen (secondary N) is 1. The first-order valence-corrected chi connectivity index (χ1v) is 10.1. The summed E-state index contributed by atoms with van der Waals surface area (Å²) < 4.78 is 24.5. The quantitative estimate of drug-likeness (QED) is 0.845. The van der Waals surface area contributed by atoms with Crippen LogP contribution in [0.15, 0.2) is 0 Å². The third-order valence-corrected chi connectivity index (χ3v) is 7.74. The van der Waals surface area contributed by atoms with E-state index in [1.807, 2.05) is 0 Å². The molecule has 19 heavy (non-hydrogen) atoms. The van der Waals surface area contributed by atoms with Gasteiger partial charge >= 0.3 is 0 Å². The smallest absolute Gasteiger partial charge is 0.166 e. The molecular weight excluding hydrogens is 280 g/mol. The van der Waals surface area contributed by atoms with Crippen LogP contribution >= 0.6 is 11.8 Å². The van der Waals surface area contributed by atoms with Gasteiger partial charge in [-0.2, -0.15) is 11.8 Å². The van der Waals surface area contributed by atoms with Crippen LogP contribution in [-0.4, -0.2) is 62.1 Å². The Morgan fingerprint density at radius 2 is 2.05 bits per heavy atom. The van der Waals surface area contributed by atoms with E-state index in [1.165, 1.54) is 0 Å². The Balaban J connectivity index is 2.07. The molecule has 2 aliphatic rings. The van der Waals surface area contributed by atoms with Crippen LogP contribution in [0, 0.1) is 5.41 Å². The van der Waals surface area contributed by atoms with E-state index in [4.69, 9.17) is 0 Å². The van der Waals surface area contributed by atoms with Gasteiger partial charge in [-0.3, -0.25) is 4.90 Å². The second-order valence-corrected chi connectivity index (χ2v) is 9.61. The van der Waals surface area contributed by atoms with Crippen molar-refractivity contribution in [3.05, 3.63) is 0 Å². The van der Waals surface area contributed by atoms with Gasteiger partial charge in [0, 0.05) is 30.3 Å². The lowest BCUT2D eigenvalue weighted by Gasteiger charge is -2.43. The van der Waals surface area contributed by atoms with Gasteiger partial charge in [-0.05, 0) is 31.3 Å². The number of thioether (sulfide) groups is 1. The predicted octanol–water partition coefficient (Wildman–Crippen LogP) is 1.19. The van der Waals surface area contributed by atoms with Crippen molar-refractivity contribution >= 4 is 21.6 Å². The third kappa shape index (κ3) is 3.86. The first kappa shape index (κ1) is 15.6. The average Bonchev–Trinajstić information content (AvgIpc) is 2.39. The summed E-state index contributed by atoms with van der Waals surface area (Å²) in [6, 6.07) is 0. The fourth-order valence-corrected chi connectivity index (χ4v) is 6.08. The van der Waals surface area contributed by atoms with Crippen molar-refractivity contribution in [2.75, 3.05) is 43.4 Å². The molecule has 2 heterocycles. The lowest BCUT2D eigenvalue weighted by molar-refractivity contribution is 0.125. The monoisotopic (exact) mass is 306 g/mol. The zero-order valence-electron chi connectivity index (χ0n) is 12.0.